The van der Waals surface area contributed by atoms with Crippen LogP contribution in [0.2, 0.25) is 5.02 Å². The fourth-order valence-corrected chi connectivity index (χ4v) is 2.92. The van der Waals surface area contributed by atoms with E-state index in [0.29, 0.717) is 6.42 Å². The van der Waals surface area contributed by atoms with Gasteiger partial charge >= 0.3 is 0 Å². The van der Waals surface area contributed by atoms with Crippen LogP contribution in [0.5, 0.6) is 5.75 Å². The molecule has 0 aliphatic carbocycles. The molecule has 20 heavy (non-hydrogen) atoms. The van der Waals surface area contributed by atoms with Crippen molar-refractivity contribution in [3.05, 3.63) is 63.1 Å². The standard InChI is InChI=1S/C15H12BrClN2O/c16-9-5-6-15(20)11(7-9)14-8-13(18-19-14)10-3-1-2-4-12(10)17/h1-7,13,18,20H,8H2. The fraction of sp³-hybridized carbons (Fsp3) is 0.133. The summed E-state index contributed by atoms with van der Waals surface area (Å²) in [5.41, 5.74) is 5.67. The molecule has 3 rings (SSSR count). The largest absolute Gasteiger partial charge is 0.507 e. The third kappa shape index (κ3) is 2.53. The lowest BCUT2D eigenvalue weighted by Gasteiger charge is -2.12. The van der Waals surface area contributed by atoms with Crippen molar-refractivity contribution in [1.29, 1.82) is 0 Å². The number of hydrogen-bond acceptors (Lipinski definition) is 3. The molecule has 1 aliphatic heterocycles. The molecule has 0 radical (unpaired) electrons. The van der Waals surface area contributed by atoms with Gasteiger partial charge in [-0.3, -0.25) is 0 Å². The molecule has 2 aromatic carbocycles. The van der Waals surface area contributed by atoms with Crippen LogP contribution in [-0.4, -0.2) is 10.8 Å². The number of halogens is 2. The summed E-state index contributed by atoms with van der Waals surface area (Å²) in [5.74, 6) is 0.230. The van der Waals surface area contributed by atoms with Gasteiger partial charge in [-0.25, -0.2) is 0 Å². The van der Waals surface area contributed by atoms with E-state index < -0.39 is 0 Å². The van der Waals surface area contributed by atoms with Crippen molar-refractivity contribution in [2.24, 2.45) is 5.10 Å². The van der Waals surface area contributed by atoms with E-state index in [4.69, 9.17) is 11.6 Å². The summed E-state index contributed by atoms with van der Waals surface area (Å²) >= 11 is 9.61. The number of phenolic OH excluding ortho intramolecular Hbond substituents is 1. The van der Waals surface area contributed by atoms with Crippen LogP contribution >= 0.6 is 27.5 Å². The molecule has 1 heterocycles. The first-order chi connectivity index (χ1) is 9.65. The Morgan fingerprint density at radius 2 is 2.05 bits per heavy atom. The number of phenols is 1. The summed E-state index contributed by atoms with van der Waals surface area (Å²) < 4.78 is 0.911. The number of hydrogen-bond donors (Lipinski definition) is 2. The zero-order chi connectivity index (χ0) is 14.1. The molecule has 0 spiro atoms. The van der Waals surface area contributed by atoms with E-state index in [2.05, 4.69) is 26.5 Å². The highest BCUT2D eigenvalue weighted by atomic mass is 79.9. The van der Waals surface area contributed by atoms with Crippen molar-refractivity contribution in [1.82, 2.24) is 5.43 Å². The van der Waals surface area contributed by atoms with Crippen LogP contribution < -0.4 is 5.43 Å². The molecule has 1 aliphatic rings. The van der Waals surface area contributed by atoms with Gasteiger partial charge in [0, 0.05) is 21.5 Å². The van der Waals surface area contributed by atoms with E-state index in [-0.39, 0.29) is 11.8 Å². The quantitative estimate of drug-likeness (QED) is 0.849. The lowest BCUT2D eigenvalue weighted by molar-refractivity contribution is 0.474. The summed E-state index contributed by atoms with van der Waals surface area (Å²) in [4.78, 5) is 0. The summed E-state index contributed by atoms with van der Waals surface area (Å²) in [7, 11) is 0. The van der Waals surface area contributed by atoms with E-state index in [1.807, 2.05) is 30.3 Å². The number of benzene rings is 2. The molecule has 0 saturated carbocycles. The third-order valence-electron chi connectivity index (χ3n) is 3.30. The molecule has 2 N–H and O–H groups in total. The lowest BCUT2D eigenvalue weighted by Crippen LogP contribution is -2.10. The summed E-state index contributed by atoms with van der Waals surface area (Å²) in [6.07, 6.45) is 0.688. The Balaban J connectivity index is 1.86. The van der Waals surface area contributed by atoms with E-state index in [1.54, 1.807) is 12.1 Å². The van der Waals surface area contributed by atoms with Crippen molar-refractivity contribution >= 4 is 33.2 Å². The minimum Gasteiger partial charge on any atom is -0.507 e. The molecular weight excluding hydrogens is 340 g/mol. The second-order valence-corrected chi connectivity index (χ2v) is 5.95. The molecule has 3 nitrogen and oxygen atoms in total. The van der Waals surface area contributed by atoms with Crippen LogP contribution in [0, 0.1) is 0 Å². The maximum Gasteiger partial charge on any atom is 0.124 e. The van der Waals surface area contributed by atoms with Crippen LogP contribution in [0.1, 0.15) is 23.6 Å². The van der Waals surface area contributed by atoms with E-state index >= 15 is 0 Å². The Morgan fingerprint density at radius 1 is 1.25 bits per heavy atom. The molecule has 0 amide bonds. The van der Waals surface area contributed by atoms with Gasteiger partial charge < -0.3 is 10.5 Å². The zero-order valence-corrected chi connectivity index (χ0v) is 12.8. The van der Waals surface area contributed by atoms with Gasteiger partial charge in [0.1, 0.15) is 5.75 Å². The van der Waals surface area contributed by atoms with Crippen LogP contribution in [0.4, 0.5) is 0 Å². The molecule has 0 saturated heterocycles. The van der Waals surface area contributed by atoms with E-state index in [0.717, 1.165) is 26.3 Å². The van der Waals surface area contributed by atoms with Gasteiger partial charge in [0.2, 0.25) is 0 Å². The van der Waals surface area contributed by atoms with Crippen LogP contribution in [-0.2, 0) is 0 Å². The monoisotopic (exact) mass is 350 g/mol. The SMILES string of the molecule is Oc1ccc(Br)cc1C1=NNC(c2ccccc2Cl)C1. The van der Waals surface area contributed by atoms with Crippen molar-refractivity contribution < 1.29 is 5.11 Å². The number of hydrazone groups is 1. The van der Waals surface area contributed by atoms with Crippen LogP contribution in [0.3, 0.4) is 0 Å². The molecule has 0 bridgehead atoms. The van der Waals surface area contributed by atoms with Crippen molar-refractivity contribution in [3.8, 4) is 5.75 Å². The lowest BCUT2D eigenvalue weighted by atomic mass is 9.98. The van der Waals surface area contributed by atoms with E-state index in [9.17, 15) is 5.11 Å². The smallest absolute Gasteiger partial charge is 0.124 e. The Hall–Kier alpha value is -1.52. The first kappa shape index (κ1) is 13.5. The molecule has 1 unspecified atom stereocenters. The highest BCUT2D eigenvalue weighted by Crippen LogP contribution is 2.32. The van der Waals surface area contributed by atoms with Gasteiger partial charge in [-0.05, 0) is 29.8 Å². The summed E-state index contributed by atoms with van der Waals surface area (Å²) in [6.45, 7) is 0. The van der Waals surface area contributed by atoms with Crippen LogP contribution in [0.15, 0.2) is 52.0 Å². The Kier molecular flexibility index (Phi) is 3.68. The second-order valence-electron chi connectivity index (χ2n) is 4.63. The zero-order valence-electron chi connectivity index (χ0n) is 10.5. The number of nitrogens with zero attached hydrogens (tertiary/aromatic N) is 1. The highest BCUT2D eigenvalue weighted by Gasteiger charge is 2.24. The van der Waals surface area contributed by atoms with Gasteiger partial charge in [0.05, 0.1) is 11.8 Å². The minimum absolute atomic E-state index is 0.0390. The van der Waals surface area contributed by atoms with Gasteiger partial charge in [0.25, 0.3) is 0 Å². The second kappa shape index (κ2) is 5.46. The molecule has 102 valence electrons. The van der Waals surface area contributed by atoms with Gasteiger partial charge in [0.15, 0.2) is 0 Å². The van der Waals surface area contributed by atoms with Crippen molar-refractivity contribution in [2.75, 3.05) is 0 Å². The van der Waals surface area contributed by atoms with Crippen LogP contribution in [0.25, 0.3) is 0 Å². The molecular formula is C15H12BrClN2O. The van der Waals surface area contributed by atoms with Gasteiger partial charge in [-0.15, -0.1) is 0 Å². The average Bonchev–Trinajstić information content (AvgIpc) is 2.91. The first-order valence-electron chi connectivity index (χ1n) is 6.20. The normalized spacial score (nSPS) is 17.7. The maximum absolute atomic E-state index is 9.95. The molecule has 5 heteroatoms. The highest BCUT2D eigenvalue weighted by molar-refractivity contribution is 9.10. The maximum atomic E-state index is 9.95. The summed E-state index contributed by atoms with van der Waals surface area (Å²) in [6, 6.07) is 13.1. The molecule has 0 fully saturated rings. The van der Waals surface area contributed by atoms with Crippen molar-refractivity contribution in [2.45, 2.75) is 12.5 Å². The fourth-order valence-electron chi connectivity index (χ4n) is 2.29. The number of rotatable bonds is 2. The average molecular weight is 352 g/mol. The third-order valence-corrected chi connectivity index (χ3v) is 4.14. The van der Waals surface area contributed by atoms with E-state index in [1.165, 1.54) is 0 Å². The molecule has 0 aromatic heterocycles. The van der Waals surface area contributed by atoms with Gasteiger partial charge in [-0.1, -0.05) is 45.7 Å². The Labute approximate surface area is 130 Å². The predicted molar refractivity (Wildman–Crippen MR) is 84.3 cm³/mol. The number of nitrogens with one attached hydrogen (secondary N) is 1. The molecule has 2 aromatic rings. The molecule has 1 atom stereocenters. The first-order valence-corrected chi connectivity index (χ1v) is 7.37. The summed E-state index contributed by atoms with van der Waals surface area (Å²) in [5, 5.41) is 15.0. The minimum atomic E-state index is 0.0390. The van der Waals surface area contributed by atoms with Gasteiger partial charge in [-0.2, -0.15) is 5.10 Å². The van der Waals surface area contributed by atoms with Crippen molar-refractivity contribution in [3.63, 3.8) is 0 Å². The topological polar surface area (TPSA) is 44.6 Å². The Morgan fingerprint density at radius 3 is 2.85 bits per heavy atom. The Bertz CT molecular complexity index is 687. The number of aromatic hydroxyl groups is 1. The predicted octanol–water partition coefficient (Wildman–Crippen LogP) is 4.25.